The van der Waals surface area contributed by atoms with Gasteiger partial charge in [0.1, 0.15) is 5.82 Å². The first-order chi connectivity index (χ1) is 11.9. The second-order valence-corrected chi connectivity index (χ2v) is 5.59. The highest BCUT2D eigenvalue weighted by Crippen LogP contribution is 2.00. The van der Waals surface area contributed by atoms with Gasteiger partial charge in [-0.2, -0.15) is 0 Å². The van der Waals surface area contributed by atoms with Crippen LogP contribution in [0.25, 0.3) is 0 Å². The maximum atomic E-state index is 5.54. The van der Waals surface area contributed by atoms with Crippen LogP contribution in [-0.4, -0.2) is 50.8 Å². The molecule has 3 N–H and O–H groups in total. The minimum atomic E-state index is 0. The molecule has 0 saturated heterocycles. The Hall–Kier alpha value is -1.09. The quantitative estimate of drug-likeness (QED) is 0.181. The standard InChI is InChI=1S/C18H33N5O.HI/c1-3-4-15-24-16-9-14-23-18(19-2)22-13-8-7-12-21-17-10-5-6-11-20-17;/h5-6,10-11H,3-4,7-9,12-16H2,1-2H3,(H,20,21)(H2,19,22,23);1H. The highest BCUT2D eigenvalue weighted by atomic mass is 127. The number of hydrogen-bond acceptors (Lipinski definition) is 4. The van der Waals surface area contributed by atoms with Crippen molar-refractivity contribution in [1.82, 2.24) is 15.6 Å². The fraction of sp³-hybridized carbons (Fsp3) is 0.667. The summed E-state index contributed by atoms with van der Waals surface area (Å²) in [6, 6.07) is 5.89. The van der Waals surface area contributed by atoms with Gasteiger partial charge in [0.05, 0.1) is 0 Å². The number of aliphatic imine (C=N–C) groups is 1. The third-order valence-electron chi connectivity index (χ3n) is 3.49. The molecule has 0 bridgehead atoms. The van der Waals surface area contributed by atoms with E-state index >= 15 is 0 Å². The van der Waals surface area contributed by atoms with Crippen molar-refractivity contribution < 1.29 is 4.74 Å². The molecule has 1 rings (SSSR count). The topological polar surface area (TPSA) is 70.6 Å². The summed E-state index contributed by atoms with van der Waals surface area (Å²) in [6.07, 6.45) is 7.30. The Morgan fingerprint density at radius 1 is 1.04 bits per heavy atom. The molecular weight excluding hydrogens is 429 g/mol. The molecule has 6 nitrogen and oxygen atoms in total. The number of rotatable bonds is 13. The average molecular weight is 463 g/mol. The zero-order valence-corrected chi connectivity index (χ0v) is 17.9. The first kappa shape index (κ1) is 23.9. The fourth-order valence-corrected chi connectivity index (χ4v) is 2.09. The van der Waals surface area contributed by atoms with E-state index in [1.54, 1.807) is 13.2 Å². The van der Waals surface area contributed by atoms with E-state index in [4.69, 9.17) is 4.74 Å². The van der Waals surface area contributed by atoms with Crippen molar-refractivity contribution in [2.75, 3.05) is 45.2 Å². The first-order valence-electron chi connectivity index (χ1n) is 9.04. The van der Waals surface area contributed by atoms with Gasteiger partial charge in [0.25, 0.3) is 0 Å². The van der Waals surface area contributed by atoms with E-state index in [1.165, 1.54) is 6.42 Å². The van der Waals surface area contributed by atoms with Crippen molar-refractivity contribution in [2.45, 2.75) is 39.0 Å². The van der Waals surface area contributed by atoms with Gasteiger partial charge in [-0.3, -0.25) is 4.99 Å². The Bertz CT molecular complexity index is 431. The maximum absolute atomic E-state index is 5.54. The highest BCUT2D eigenvalue weighted by Gasteiger charge is 1.97. The van der Waals surface area contributed by atoms with Crippen LogP contribution in [0.5, 0.6) is 0 Å². The molecule has 0 spiro atoms. The van der Waals surface area contributed by atoms with Gasteiger partial charge in [-0.1, -0.05) is 19.4 Å². The van der Waals surface area contributed by atoms with E-state index in [1.807, 2.05) is 18.2 Å². The van der Waals surface area contributed by atoms with Crippen LogP contribution in [0.2, 0.25) is 0 Å². The van der Waals surface area contributed by atoms with Crippen LogP contribution in [0, 0.1) is 0 Å². The Labute approximate surface area is 169 Å². The predicted molar refractivity (Wildman–Crippen MR) is 117 cm³/mol. The number of pyridine rings is 1. The van der Waals surface area contributed by atoms with E-state index < -0.39 is 0 Å². The highest BCUT2D eigenvalue weighted by molar-refractivity contribution is 14.0. The Morgan fingerprint density at radius 3 is 2.44 bits per heavy atom. The minimum Gasteiger partial charge on any atom is -0.381 e. The molecule has 0 aliphatic heterocycles. The molecule has 0 atom stereocenters. The normalized spacial score (nSPS) is 10.9. The molecule has 1 aromatic heterocycles. The van der Waals surface area contributed by atoms with Crippen LogP contribution in [0.3, 0.4) is 0 Å². The number of hydrogen-bond donors (Lipinski definition) is 3. The summed E-state index contributed by atoms with van der Waals surface area (Å²) < 4.78 is 5.54. The molecule has 0 unspecified atom stereocenters. The van der Waals surface area contributed by atoms with Gasteiger partial charge in [0.15, 0.2) is 5.96 Å². The molecule has 0 aliphatic rings. The Kier molecular flexibility index (Phi) is 17.0. The van der Waals surface area contributed by atoms with Gasteiger partial charge >= 0.3 is 0 Å². The SMILES string of the molecule is CCCCOCCCNC(=NC)NCCCCNc1ccccn1.I. The molecule has 25 heavy (non-hydrogen) atoms. The van der Waals surface area contributed by atoms with Gasteiger partial charge in [0, 0.05) is 46.1 Å². The van der Waals surface area contributed by atoms with Crippen molar-refractivity contribution in [1.29, 1.82) is 0 Å². The van der Waals surface area contributed by atoms with Crippen LogP contribution < -0.4 is 16.0 Å². The number of aromatic nitrogens is 1. The average Bonchev–Trinajstić information content (AvgIpc) is 2.63. The second-order valence-electron chi connectivity index (χ2n) is 5.59. The van der Waals surface area contributed by atoms with Crippen molar-refractivity contribution in [3.63, 3.8) is 0 Å². The van der Waals surface area contributed by atoms with Crippen LogP contribution in [-0.2, 0) is 4.74 Å². The molecular formula is C18H34IN5O. The summed E-state index contributed by atoms with van der Waals surface area (Å²) in [5.74, 6) is 1.80. The molecule has 1 aromatic rings. The Morgan fingerprint density at radius 2 is 1.76 bits per heavy atom. The van der Waals surface area contributed by atoms with Crippen molar-refractivity contribution >= 4 is 35.8 Å². The molecule has 0 fully saturated rings. The Balaban J connectivity index is 0.00000576. The molecule has 7 heteroatoms. The monoisotopic (exact) mass is 463 g/mol. The number of nitrogens with one attached hydrogen (secondary N) is 3. The zero-order chi connectivity index (χ0) is 17.3. The van der Waals surface area contributed by atoms with E-state index in [9.17, 15) is 0 Å². The molecule has 1 heterocycles. The van der Waals surface area contributed by atoms with Gasteiger partial charge in [-0.15, -0.1) is 24.0 Å². The molecule has 0 aromatic carbocycles. The third kappa shape index (κ3) is 13.8. The lowest BCUT2D eigenvalue weighted by molar-refractivity contribution is 0.129. The molecule has 0 amide bonds. The third-order valence-corrected chi connectivity index (χ3v) is 3.49. The lowest BCUT2D eigenvalue weighted by atomic mass is 10.3. The van der Waals surface area contributed by atoms with Crippen molar-refractivity contribution in [2.24, 2.45) is 4.99 Å². The number of ether oxygens (including phenoxy) is 1. The summed E-state index contributed by atoms with van der Waals surface area (Å²) in [4.78, 5) is 8.47. The number of guanidine groups is 1. The van der Waals surface area contributed by atoms with Gasteiger partial charge < -0.3 is 20.7 Å². The summed E-state index contributed by atoms with van der Waals surface area (Å²) in [6.45, 7) is 6.58. The molecule has 0 radical (unpaired) electrons. The second kappa shape index (κ2) is 17.7. The lowest BCUT2D eigenvalue weighted by Crippen LogP contribution is -2.38. The van der Waals surface area contributed by atoms with E-state index in [2.05, 4.69) is 32.9 Å². The smallest absolute Gasteiger partial charge is 0.190 e. The lowest BCUT2D eigenvalue weighted by Gasteiger charge is -2.12. The minimum absolute atomic E-state index is 0. The first-order valence-corrected chi connectivity index (χ1v) is 9.04. The van der Waals surface area contributed by atoms with Crippen LogP contribution in [0.4, 0.5) is 5.82 Å². The summed E-state index contributed by atoms with van der Waals surface area (Å²) in [7, 11) is 1.80. The molecule has 0 saturated carbocycles. The van der Waals surface area contributed by atoms with Crippen molar-refractivity contribution in [3.8, 4) is 0 Å². The number of anilines is 1. The molecule has 144 valence electrons. The van der Waals surface area contributed by atoms with Crippen LogP contribution in [0.1, 0.15) is 39.0 Å². The largest absolute Gasteiger partial charge is 0.381 e. The molecule has 0 aliphatic carbocycles. The zero-order valence-electron chi connectivity index (χ0n) is 15.6. The fourth-order valence-electron chi connectivity index (χ4n) is 2.09. The summed E-state index contributed by atoms with van der Waals surface area (Å²) in [5.41, 5.74) is 0. The summed E-state index contributed by atoms with van der Waals surface area (Å²) >= 11 is 0. The maximum Gasteiger partial charge on any atom is 0.190 e. The number of unbranched alkanes of at least 4 members (excludes halogenated alkanes) is 2. The summed E-state index contributed by atoms with van der Waals surface area (Å²) in [5, 5.41) is 9.96. The van der Waals surface area contributed by atoms with Gasteiger partial charge in [-0.25, -0.2) is 4.98 Å². The van der Waals surface area contributed by atoms with Crippen molar-refractivity contribution in [3.05, 3.63) is 24.4 Å². The van der Waals surface area contributed by atoms with Gasteiger partial charge in [-0.05, 0) is 37.8 Å². The van der Waals surface area contributed by atoms with E-state index in [0.717, 1.165) is 70.3 Å². The van der Waals surface area contributed by atoms with Gasteiger partial charge in [0.2, 0.25) is 0 Å². The van der Waals surface area contributed by atoms with E-state index in [-0.39, 0.29) is 24.0 Å². The van der Waals surface area contributed by atoms with E-state index in [0.29, 0.717) is 0 Å². The van der Waals surface area contributed by atoms with Crippen LogP contribution >= 0.6 is 24.0 Å². The number of halogens is 1. The van der Waals surface area contributed by atoms with Crippen LogP contribution in [0.15, 0.2) is 29.4 Å². The number of nitrogens with zero attached hydrogens (tertiary/aromatic N) is 2. The predicted octanol–water partition coefficient (Wildman–Crippen LogP) is 3.26.